The maximum Gasteiger partial charge on any atom is 0.237 e. The molecule has 0 unspecified atom stereocenters. The number of nitrogen functional groups attached to an aromatic ring is 1. The topological polar surface area (TPSA) is 96.5 Å². The van der Waals surface area contributed by atoms with Crippen LogP contribution in [0.5, 0.6) is 5.88 Å². The van der Waals surface area contributed by atoms with E-state index in [1.807, 2.05) is 54.6 Å². The van der Waals surface area contributed by atoms with Gasteiger partial charge in [-0.15, -0.1) is 0 Å². The fourth-order valence-electron chi connectivity index (χ4n) is 2.80. The quantitative estimate of drug-likeness (QED) is 0.678. The molecule has 0 aliphatic rings. The predicted octanol–water partition coefficient (Wildman–Crippen LogP) is 3.79. The Bertz CT molecular complexity index is 1050. The van der Waals surface area contributed by atoms with Gasteiger partial charge in [-0.3, -0.25) is 0 Å². The van der Waals surface area contributed by atoms with Gasteiger partial charge in [-0.05, 0) is 22.8 Å². The third kappa shape index (κ3) is 3.57. The summed E-state index contributed by atoms with van der Waals surface area (Å²) in [7, 11) is 0. The standard InChI is InChI=1S/C21H16N4O2/c1-24-19-18(17(13-22)21(25-20(19)23)27-11-10-26)16-9-5-8-15(12-16)14-6-3-2-4-7-14/h2-9,12,26H,10-11H2,(H2,23,25). The number of aromatic nitrogens is 1. The van der Waals surface area contributed by atoms with E-state index in [0.717, 1.165) is 11.1 Å². The Labute approximate surface area is 156 Å². The molecule has 0 spiro atoms. The summed E-state index contributed by atoms with van der Waals surface area (Å²) < 4.78 is 5.37. The number of rotatable bonds is 5. The Kier molecular flexibility index (Phi) is 5.32. The smallest absolute Gasteiger partial charge is 0.237 e. The van der Waals surface area contributed by atoms with E-state index < -0.39 is 0 Å². The van der Waals surface area contributed by atoms with Crippen LogP contribution in [0, 0.1) is 17.9 Å². The molecule has 1 heterocycles. The Morgan fingerprint density at radius 3 is 2.48 bits per heavy atom. The second-order valence-electron chi connectivity index (χ2n) is 5.64. The summed E-state index contributed by atoms with van der Waals surface area (Å²) in [5, 5.41) is 18.7. The minimum Gasteiger partial charge on any atom is -0.474 e. The van der Waals surface area contributed by atoms with Crippen molar-refractivity contribution in [2.75, 3.05) is 18.9 Å². The van der Waals surface area contributed by atoms with Gasteiger partial charge in [0.2, 0.25) is 11.6 Å². The van der Waals surface area contributed by atoms with Crippen LogP contribution in [-0.4, -0.2) is 23.3 Å². The van der Waals surface area contributed by atoms with Crippen molar-refractivity contribution in [1.29, 1.82) is 5.26 Å². The highest BCUT2D eigenvalue weighted by Crippen LogP contribution is 2.41. The zero-order valence-corrected chi connectivity index (χ0v) is 14.4. The van der Waals surface area contributed by atoms with E-state index in [4.69, 9.17) is 22.1 Å². The molecule has 0 aliphatic heterocycles. The fraction of sp³-hybridized carbons (Fsp3) is 0.0952. The predicted molar refractivity (Wildman–Crippen MR) is 103 cm³/mol. The van der Waals surface area contributed by atoms with Crippen LogP contribution in [0.15, 0.2) is 54.6 Å². The molecular formula is C21H16N4O2. The number of pyridine rings is 1. The van der Waals surface area contributed by atoms with E-state index in [-0.39, 0.29) is 36.2 Å². The molecule has 6 heteroatoms. The molecule has 3 aromatic rings. The Morgan fingerprint density at radius 1 is 1.11 bits per heavy atom. The van der Waals surface area contributed by atoms with Crippen LogP contribution >= 0.6 is 0 Å². The van der Waals surface area contributed by atoms with Crippen LogP contribution in [0.3, 0.4) is 0 Å². The molecule has 0 aliphatic carbocycles. The number of nitrogens with zero attached hydrogens (tertiary/aromatic N) is 3. The number of hydrogen-bond acceptors (Lipinski definition) is 5. The lowest BCUT2D eigenvalue weighted by atomic mass is 9.95. The van der Waals surface area contributed by atoms with Crippen molar-refractivity contribution in [1.82, 2.24) is 4.98 Å². The van der Waals surface area contributed by atoms with Gasteiger partial charge in [0.05, 0.1) is 13.2 Å². The van der Waals surface area contributed by atoms with Gasteiger partial charge in [0.1, 0.15) is 24.1 Å². The summed E-state index contributed by atoms with van der Waals surface area (Å²) in [6.45, 7) is 7.24. The lowest BCUT2D eigenvalue weighted by Gasteiger charge is -2.14. The average Bonchev–Trinajstić information content (AvgIpc) is 2.72. The Balaban J connectivity index is 2.23. The maximum atomic E-state index is 9.68. The van der Waals surface area contributed by atoms with Crippen molar-refractivity contribution in [3.05, 3.63) is 71.6 Å². The number of anilines is 1. The summed E-state index contributed by atoms with van der Waals surface area (Å²) in [5.41, 5.74) is 9.17. The molecule has 2 aromatic carbocycles. The minimum atomic E-state index is -0.226. The third-order valence-corrected chi connectivity index (χ3v) is 3.98. The highest BCUT2D eigenvalue weighted by molar-refractivity contribution is 5.91. The van der Waals surface area contributed by atoms with Crippen molar-refractivity contribution in [2.45, 2.75) is 0 Å². The van der Waals surface area contributed by atoms with Crippen molar-refractivity contribution in [3.63, 3.8) is 0 Å². The number of benzene rings is 2. The van der Waals surface area contributed by atoms with Gasteiger partial charge in [-0.2, -0.15) is 5.26 Å². The molecule has 0 atom stereocenters. The fourth-order valence-corrected chi connectivity index (χ4v) is 2.80. The first-order valence-electron chi connectivity index (χ1n) is 8.20. The third-order valence-electron chi connectivity index (χ3n) is 3.98. The van der Waals surface area contributed by atoms with E-state index in [1.165, 1.54) is 0 Å². The highest BCUT2D eigenvalue weighted by atomic mass is 16.5. The molecule has 0 saturated carbocycles. The Hall–Kier alpha value is -3.87. The van der Waals surface area contributed by atoms with Crippen LogP contribution in [0.2, 0.25) is 0 Å². The van der Waals surface area contributed by atoms with Gasteiger partial charge in [0.15, 0.2) is 0 Å². The summed E-state index contributed by atoms with van der Waals surface area (Å²) in [4.78, 5) is 7.51. The average molecular weight is 356 g/mol. The molecule has 0 bridgehead atoms. The molecule has 27 heavy (non-hydrogen) atoms. The molecule has 3 rings (SSSR count). The molecular weight excluding hydrogens is 340 g/mol. The molecule has 6 nitrogen and oxygen atoms in total. The van der Waals surface area contributed by atoms with E-state index in [9.17, 15) is 5.26 Å². The van der Waals surface area contributed by atoms with E-state index in [0.29, 0.717) is 11.1 Å². The van der Waals surface area contributed by atoms with Crippen molar-refractivity contribution in [2.24, 2.45) is 0 Å². The molecule has 0 amide bonds. The van der Waals surface area contributed by atoms with Gasteiger partial charge in [0, 0.05) is 5.56 Å². The molecule has 3 N–H and O–H groups in total. The molecule has 0 radical (unpaired) electrons. The van der Waals surface area contributed by atoms with Gasteiger partial charge in [0.25, 0.3) is 0 Å². The second-order valence-corrected chi connectivity index (χ2v) is 5.64. The lowest BCUT2D eigenvalue weighted by Crippen LogP contribution is -2.07. The number of ether oxygens (including phenoxy) is 1. The molecule has 132 valence electrons. The first-order chi connectivity index (χ1) is 13.2. The minimum absolute atomic E-state index is 0.0107. The van der Waals surface area contributed by atoms with Gasteiger partial charge in [-0.25, -0.2) is 9.83 Å². The van der Waals surface area contributed by atoms with E-state index in [2.05, 4.69) is 15.9 Å². The van der Waals surface area contributed by atoms with Crippen molar-refractivity contribution >= 4 is 11.5 Å². The van der Waals surface area contributed by atoms with E-state index in [1.54, 1.807) is 0 Å². The zero-order valence-electron chi connectivity index (χ0n) is 14.4. The van der Waals surface area contributed by atoms with Crippen LogP contribution < -0.4 is 10.5 Å². The second kappa shape index (κ2) is 8.01. The zero-order chi connectivity index (χ0) is 19.2. The maximum absolute atomic E-state index is 9.68. The van der Waals surface area contributed by atoms with Gasteiger partial charge in [-0.1, -0.05) is 48.5 Å². The molecule has 0 fully saturated rings. The van der Waals surface area contributed by atoms with Crippen LogP contribution in [-0.2, 0) is 0 Å². The van der Waals surface area contributed by atoms with Gasteiger partial charge >= 0.3 is 0 Å². The lowest BCUT2D eigenvalue weighted by molar-refractivity contribution is 0.196. The monoisotopic (exact) mass is 356 g/mol. The first-order valence-corrected chi connectivity index (χ1v) is 8.20. The molecule has 1 aromatic heterocycles. The number of nitriles is 1. The number of aliphatic hydroxyl groups excluding tert-OH is 1. The number of aliphatic hydroxyl groups is 1. The molecule has 0 saturated heterocycles. The van der Waals surface area contributed by atoms with Crippen LogP contribution in [0.25, 0.3) is 27.1 Å². The van der Waals surface area contributed by atoms with E-state index >= 15 is 0 Å². The van der Waals surface area contributed by atoms with Gasteiger partial charge < -0.3 is 15.6 Å². The summed E-state index contributed by atoms with van der Waals surface area (Å²) in [6, 6.07) is 19.4. The SMILES string of the molecule is [C-]#[N+]c1c(N)nc(OCCO)c(C#N)c1-c1cccc(-c2ccccc2)c1. The van der Waals surface area contributed by atoms with Crippen molar-refractivity contribution < 1.29 is 9.84 Å². The normalized spacial score (nSPS) is 10.0. The summed E-state index contributed by atoms with van der Waals surface area (Å²) in [5.74, 6) is -0.00591. The summed E-state index contributed by atoms with van der Waals surface area (Å²) in [6.07, 6.45) is 0. The number of nitrogens with two attached hydrogens (primary N) is 1. The van der Waals surface area contributed by atoms with Crippen LogP contribution in [0.1, 0.15) is 5.56 Å². The number of hydrogen-bond donors (Lipinski definition) is 2. The summed E-state index contributed by atoms with van der Waals surface area (Å²) >= 11 is 0. The van der Waals surface area contributed by atoms with Crippen LogP contribution in [0.4, 0.5) is 11.5 Å². The first kappa shape index (κ1) is 17.9. The van der Waals surface area contributed by atoms with Crippen molar-refractivity contribution in [3.8, 4) is 34.2 Å². The largest absolute Gasteiger partial charge is 0.474 e. The highest BCUT2D eigenvalue weighted by Gasteiger charge is 2.21. The Morgan fingerprint density at radius 2 is 1.81 bits per heavy atom.